The number of hydrogen-bond donors (Lipinski definition) is 6. The summed E-state index contributed by atoms with van der Waals surface area (Å²) in [5, 5.41) is 66.3. The Kier molecular flexibility index (Phi) is 11.9. The molecule has 7 aromatic rings. The minimum Gasteiger partial charge on any atom is -0.508 e. The molecule has 0 aliphatic rings. The lowest BCUT2D eigenvalue weighted by Gasteiger charge is -2.43. The van der Waals surface area contributed by atoms with Crippen molar-refractivity contribution in [1.29, 1.82) is 0 Å². The van der Waals surface area contributed by atoms with E-state index in [2.05, 4.69) is 39.0 Å². The highest BCUT2D eigenvalue weighted by Crippen LogP contribution is 2.54. The lowest BCUT2D eigenvalue weighted by atomic mass is 9.59. The largest absolute Gasteiger partial charge is 0.508 e. The van der Waals surface area contributed by atoms with Crippen molar-refractivity contribution in [1.82, 2.24) is 0 Å². The molecular weight excluding hydrogens is 817 g/mol. The molecule has 7 rings (SSSR count). The van der Waals surface area contributed by atoms with Gasteiger partial charge in [0.25, 0.3) is 0 Å². The summed E-state index contributed by atoms with van der Waals surface area (Å²) in [7, 11) is 0. The molecule has 0 spiro atoms. The number of rotatable bonds is 9. The second kappa shape index (κ2) is 16.6. The highest BCUT2D eigenvalue weighted by Gasteiger charge is 2.45. The van der Waals surface area contributed by atoms with Crippen LogP contribution in [0.3, 0.4) is 0 Å². The van der Waals surface area contributed by atoms with E-state index in [1.54, 1.807) is 0 Å². The third kappa shape index (κ3) is 7.54. The molecule has 0 saturated carbocycles. The summed E-state index contributed by atoms with van der Waals surface area (Å²) in [5.41, 5.74) is 17.2. The topological polar surface area (TPSA) is 121 Å². The summed E-state index contributed by atoms with van der Waals surface area (Å²) in [6.07, 6.45) is 0. The zero-order chi connectivity index (χ0) is 48.7. The third-order valence-electron chi connectivity index (χ3n) is 14.8. The van der Waals surface area contributed by atoms with Crippen molar-refractivity contribution >= 4 is 0 Å². The molecule has 0 aliphatic carbocycles. The minimum absolute atomic E-state index is 0.179. The number of aryl methyl sites for hydroxylation is 12. The van der Waals surface area contributed by atoms with Gasteiger partial charge in [-0.25, -0.2) is 0 Å². The fraction of sp³-hybridized carbons (Fsp3) is 0.300. The van der Waals surface area contributed by atoms with Crippen molar-refractivity contribution in [2.75, 3.05) is 0 Å². The molecule has 342 valence electrons. The molecule has 0 atom stereocenters. The van der Waals surface area contributed by atoms with Crippen molar-refractivity contribution < 1.29 is 30.6 Å². The van der Waals surface area contributed by atoms with E-state index in [0.29, 0.717) is 0 Å². The van der Waals surface area contributed by atoms with E-state index >= 15 is 0 Å². The van der Waals surface area contributed by atoms with E-state index in [1.165, 1.54) is 0 Å². The molecule has 6 nitrogen and oxygen atoms in total. The molecule has 6 heteroatoms. The molecule has 7 aromatic carbocycles. The fourth-order valence-electron chi connectivity index (χ4n) is 13.1. The quantitative estimate of drug-likeness (QED) is 0.0803. The van der Waals surface area contributed by atoms with Gasteiger partial charge >= 0.3 is 0 Å². The minimum atomic E-state index is -0.910. The summed E-state index contributed by atoms with van der Waals surface area (Å²) < 4.78 is 0. The maximum atomic E-state index is 11.1. The average molecular weight is 883 g/mol. The molecule has 0 heterocycles. The number of phenolic OH excluding ortho intramolecular Hbond substituents is 6. The lowest BCUT2D eigenvalue weighted by molar-refractivity contribution is 0.472. The van der Waals surface area contributed by atoms with Crippen LogP contribution >= 0.6 is 0 Å². The highest BCUT2D eigenvalue weighted by molar-refractivity contribution is 5.69. The Morgan fingerprint density at radius 1 is 0.212 bits per heavy atom. The maximum absolute atomic E-state index is 11.1. The standard InChI is InChI=1S/C60H66O6/c1-31-16-46(61)17-32(2)52(31)58(13,53-33(3)18-47(62)19-34(53)4)43-28-44(59(14,54-35(5)20-48(63)21-36(54)6)55-37(7)22-49(64)23-38(55)8)30-45(29-43)60(15,56-39(9)24-50(65)25-40(56)10)57-41(11)26-51(66)27-42(57)12/h16-30,61-66H,1-15H3. The number of phenols is 6. The Bertz CT molecular complexity index is 2460. The van der Waals surface area contributed by atoms with Gasteiger partial charge in [-0.05, 0) is 293 Å². The predicted molar refractivity (Wildman–Crippen MR) is 269 cm³/mol. The van der Waals surface area contributed by atoms with E-state index in [-0.39, 0.29) is 34.5 Å². The molecule has 66 heavy (non-hydrogen) atoms. The lowest BCUT2D eigenvalue weighted by Crippen LogP contribution is -2.35. The molecule has 0 bridgehead atoms. The van der Waals surface area contributed by atoms with Gasteiger partial charge in [-0.1, -0.05) is 18.2 Å². The first-order chi connectivity index (χ1) is 30.7. The van der Waals surface area contributed by atoms with Crippen molar-refractivity contribution in [2.45, 2.75) is 120 Å². The summed E-state index contributed by atoms with van der Waals surface area (Å²) in [6.45, 7) is 31.3. The smallest absolute Gasteiger partial charge is 0.116 e. The summed E-state index contributed by atoms with van der Waals surface area (Å²) >= 11 is 0. The van der Waals surface area contributed by atoms with Crippen LogP contribution in [0.5, 0.6) is 34.5 Å². The van der Waals surface area contributed by atoms with Crippen LogP contribution in [0.1, 0.15) is 138 Å². The van der Waals surface area contributed by atoms with Gasteiger partial charge in [0.2, 0.25) is 0 Å². The number of benzene rings is 7. The Hall–Kier alpha value is -6.66. The molecule has 0 saturated heterocycles. The molecule has 0 amide bonds. The van der Waals surface area contributed by atoms with Gasteiger partial charge in [0.1, 0.15) is 34.5 Å². The van der Waals surface area contributed by atoms with Crippen LogP contribution in [-0.2, 0) is 16.2 Å². The zero-order valence-corrected chi connectivity index (χ0v) is 41.3. The van der Waals surface area contributed by atoms with Crippen LogP contribution in [0.2, 0.25) is 0 Å². The van der Waals surface area contributed by atoms with Gasteiger partial charge in [0.05, 0.1) is 0 Å². The predicted octanol–water partition coefficient (Wildman–Crippen LogP) is 13.7. The number of aromatic hydroxyl groups is 6. The van der Waals surface area contributed by atoms with E-state index in [4.69, 9.17) is 0 Å². The number of hydrogen-bond acceptors (Lipinski definition) is 6. The third-order valence-corrected chi connectivity index (χ3v) is 14.8. The van der Waals surface area contributed by atoms with Gasteiger partial charge in [0, 0.05) is 16.2 Å². The van der Waals surface area contributed by atoms with E-state index < -0.39 is 16.2 Å². The fourth-order valence-corrected chi connectivity index (χ4v) is 13.1. The Labute approximate surface area is 391 Å². The first-order valence-electron chi connectivity index (χ1n) is 22.8. The van der Waals surface area contributed by atoms with Crippen LogP contribution in [-0.4, -0.2) is 30.6 Å². The molecule has 6 N–H and O–H groups in total. The van der Waals surface area contributed by atoms with Gasteiger partial charge in [0.15, 0.2) is 0 Å². The normalized spacial score (nSPS) is 12.2. The van der Waals surface area contributed by atoms with Crippen LogP contribution < -0.4 is 0 Å². The molecule has 0 aromatic heterocycles. The Balaban J connectivity index is 1.83. The summed E-state index contributed by atoms with van der Waals surface area (Å²) in [5.74, 6) is 1.07. The van der Waals surface area contributed by atoms with Crippen molar-refractivity contribution in [3.8, 4) is 34.5 Å². The maximum Gasteiger partial charge on any atom is 0.116 e. The van der Waals surface area contributed by atoms with Gasteiger partial charge in [-0.3, -0.25) is 0 Å². The molecule has 0 fully saturated rings. The summed E-state index contributed by atoms with van der Waals surface area (Å²) in [4.78, 5) is 0. The Morgan fingerprint density at radius 3 is 0.424 bits per heavy atom. The van der Waals surface area contributed by atoms with E-state index in [0.717, 1.165) is 117 Å². The average Bonchev–Trinajstić information content (AvgIpc) is 3.15. The van der Waals surface area contributed by atoms with Crippen LogP contribution in [0.25, 0.3) is 0 Å². The van der Waals surface area contributed by atoms with Crippen LogP contribution in [0.15, 0.2) is 91.0 Å². The molecule has 0 radical (unpaired) electrons. The first-order valence-corrected chi connectivity index (χ1v) is 22.8. The Morgan fingerprint density at radius 2 is 0.318 bits per heavy atom. The molecule has 0 aliphatic heterocycles. The van der Waals surface area contributed by atoms with E-state index in [1.807, 2.05) is 156 Å². The second-order valence-electron chi connectivity index (χ2n) is 19.9. The second-order valence-corrected chi connectivity index (χ2v) is 19.9. The van der Waals surface area contributed by atoms with Crippen molar-refractivity contribution in [3.63, 3.8) is 0 Å². The van der Waals surface area contributed by atoms with Crippen LogP contribution in [0.4, 0.5) is 0 Å². The first kappa shape index (κ1) is 47.3. The van der Waals surface area contributed by atoms with Gasteiger partial charge < -0.3 is 30.6 Å². The SMILES string of the molecule is Cc1cc(O)cc(C)c1C(C)(c1cc(C(C)(c2c(C)cc(O)cc2C)c2c(C)cc(O)cc2C)cc(C(C)(c2c(C)cc(O)cc2C)c2c(C)cc(O)cc2C)c1)c1c(C)cc(O)cc1C. The van der Waals surface area contributed by atoms with Crippen LogP contribution in [0, 0.1) is 83.1 Å². The van der Waals surface area contributed by atoms with Gasteiger partial charge in [-0.2, -0.15) is 0 Å². The molecule has 0 unspecified atom stereocenters. The van der Waals surface area contributed by atoms with Crippen molar-refractivity contribution in [3.05, 3.63) is 208 Å². The van der Waals surface area contributed by atoms with Gasteiger partial charge in [-0.15, -0.1) is 0 Å². The monoisotopic (exact) mass is 882 g/mol. The van der Waals surface area contributed by atoms with Crippen molar-refractivity contribution in [2.24, 2.45) is 0 Å². The highest BCUT2D eigenvalue weighted by atomic mass is 16.3. The summed E-state index contributed by atoms with van der Waals surface area (Å²) in [6, 6.07) is 28.8. The molecular formula is C60H66O6. The zero-order valence-electron chi connectivity index (χ0n) is 41.3. The van der Waals surface area contributed by atoms with E-state index in [9.17, 15) is 30.6 Å².